The molecule has 2 amide bonds. The highest BCUT2D eigenvalue weighted by atomic mass is 32.1. The van der Waals surface area contributed by atoms with E-state index in [0.29, 0.717) is 12.4 Å². The average molecular weight is 475 g/mol. The van der Waals surface area contributed by atoms with Crippen LogP contribution in [0.5, 0.6) is 0 Å². The van der Waals surface area contributed by atoms with Crippen LogP contribution in [0.1, 0.15) is 61.9 Å². The Morgan fingerprint density at radius 2 is 2.00 bits per heavy atom. The number of fused-ring (bicyclic) bond motifs is 1. The maximum Gasteiger partial charge on any atom is 0.270 e. The van der Waals surface area contributed by atoms with E-state index in [0.717, 1.165) is 41.5 Å². The van der Waals surface area contributed by atoms with Crippen LogP contribution in [0.15, 0.2) is 42.0 Å². The highest BCUT2D eigenvalue weighted by Crippen LogP contribution is 2.33. The molecule has 4 aromatic rings. The number of carbonyl (C=O) groups excluding carboxylic acids is 2. The minimum atomic E-state index is -0.346. The molecule has 0 radical (unpaired) electrons. The molecule has 10 nitrogen and oxygen atoms in total. The van der Waals surface area contributed by atoms with Crippen molar-refractivity contribution in [1.29, 1.82) is 0 Å². The number of thiophene rings is 1. The Morgan fingerprint density at radius 3 is 2.76 bits per heavy atom. The maximum atomic E-state index is 12.9. The Morgan fingerprint density at radius 1 is 1.15 bits per heavy atom. The Balaban J connectivity index is 1.24. The van der Waals surface area contributed by atoms with Gasteiger partial charge in [-0.3, -0.25) is 9.59 Å². The first kappa shape index (κ1) is 21.8. The van der Waals surface area contributed by atoms with Gasteiger partial charge in [-0.15, -0.1) is 21.5 Å². The lowest BCUT2D eigenvalue weighted by Crippen LogP contribution is -2.29. The number of H-pyrrole nitrogens is 1. The summed E-state index contributed by atoms with van der Waals surface area (Å²) >= 11 is 1.67. The topological polar surface area (TPSA) is 138 Å². The highest BCUT2D eigenvalue weighted by Gasteiger charge is 2.26. The summed E-state index contributed by atoms with van der Waals surface area (Å²) in [5.41, 5.74) is 4.41. The zero-order chi connectivity index (χ0) is 23.5. The fourth-order valence-electron chi connectivity index (χ4n) is 4.01. The van der Waals surface area contributed by atoms with Gasteiger partial charge in [-0.05, 0) is 58.7 Å². The van der Waals surface area contributed by atoms with Crippen LogP contribution in [0.3, 0.4) is 0 Å². The van der Waals surface area contributed by atoms with Crippen molar-refractivity contribution >= 4 is 23.2 Å². The molecule has 3 aromatic heterocycles. The van der Waals surface area contributed by atoms with Gasteiger partial charge in [-0.1, -0.05) is 19.1 Å². The van der Waals surface area contributed by atoms with E-state index in [4.69, 9.17) is 0 Å². The van der Waals surface area contributed by atoms with Gasteiger partial charge < -0.3 is 10.6 Å². The van der Waals surface area contributed by atoms with E-state index in [1.807, 2.05) is 23.6 Å². The van der Waals surface area contributed by atoms with E-state index in [2.05, 4.69) is 54.2 Å². The molecule has 5 rings (SSSR count). The van der Waals surface area contributed by atoms with Crippen LogP contribution in [0.25, 0.3) is 11.4 Å². The van der Waals surface area contributed by atoms with Gasteiger partial charge >= 0.3 is 0 Å². The minimum Gasteiger partial charge on any atom is -0.347 e. The molecule has 0 bridgehead atoms. The number of amides is 2. The summed E-state index contributed by atoms with van der Waals surface area (Å²) in [6.45, 7) is 2.50. The Labute approximate surface area is 199 Å². The van der Waals surface area contributed by atoms with Crippen molar-refractivity contribution in [2.75, 3.05) is 0 Å². The number of benzene rings is 1. The molecule has 0 aliphatic heterocycles. The molecule has 11 heteroatoms. The monoisotopic (exact) mass is 474 g/mol. The molecule has 1 atom stereocenters. The predicted octanol–water partition coefficient (Wildman–Crippen LogP) is 2.63. The number of nitrogens with one attached hydrogen (secondary N) is 3. The average Bonchev–Trinajstić information content (AvgIpc) is 3.64. The molecule has 0 saturated heterocycles. The molecule has 0 fully saturated rings. The highest BCUT2D eigenvalue weighted by molar-refractivity contribution is 7.10. The van der Waals surface area contributed by atoms with Crippen LogP contribution < -0.4 is 10.6 Å². The molecule has 172 valence electrons. The first-order valence-corrected chi connectivity index (χ1v) is 11.8. The summed E-state index contributed by atoms with van der Waals surface area (Å²) in [6.07, 6.45) is 3.80. The molecule has 1 aromatic carbocycles. The fourth-order valence-corrected chi connectivity index (χ4v) is 4.85. The summed E-state index contributed by atoms with van der Waals surface area (Å²) in [5, 5.41) is 22.0. The molecule has 3 heterocycles. The van der Waals surface area contributed by atoms with Gasteiger partial charge in [0.1, 0.15) is 17.7 Å². The number of rotatable bonds is 7. The Hall–Kier alpha value is -3.99. The van der Waals surface area contributed by atoms with Crippen LogP contribution >= 0.6 is 11.3 Å². The van der Waals surface area contributed by atoms with Gasteiger partial charge in [0.05, 0.1) is 6.04 Å². The molecule has 3 N–H and O–H groups in total. The second-order valence-corrected chi connectivity index (χ2v) is 8.96. The first-order valence-electron chi connectivity index (χ1n) is 10.9. The van der Waals surface area contributed by atoms with Crippen LogP contribution in [-0.2, 0) is 19.4 Å². The summed E-state index contributed by atoms with van der Waals surface area (Å²) in [4.78, 5) is 34.8. The van der Waals surface area contributed by atoms with Crippen LogP contribution in [-0.4, -0.2) is 42.4 Å². The maximum absolute atomic E-state index is 12.9. The van der Waals surface area contributed by atoms with Gasteiger partial charge in [0.15, 0.2) is 0 Å². The van der Waals surface area contributed by atoms with Crippen LogP contribution in [0, 0.1) is 0 Å². The third-order valence-electron chi connectivity index (χ3n) is 5.77. The molecule has 0 saturated carbocycles. The SMILES string of the molecule is CCc1cc(CNC(=O)c2cc(C(=O)N[C@H]3CCc4cc(-c5nn[nH]n5)ccc43)ncn2)cs1. The zero-order valence-corrected chi connectivity index (χ0v) is 19.2. The molecule has 1 aliphatic rings. The second-order valence-electron chi connectivity index (χ2n) is 7.96. The standard InChI is InChI=1S/C23H22N8O2S/c1-2-16-7-13(11-34-16)10-24-22(32)19-9-20(26-12-25-19)23(33)27-18-6-4-14-8-15(3-5-17(14)18)21-28-30-31-29-21/h3,5,7-9,11-12,18H,2,4,6,10H2,1H3,(H,24,32)(H,27,33)(H,28,29,30,31)/t18-/m0/s1. The van der Waals surface area contributed by atoms with Crippen LogP contribution in [0.4, 0.5) is 0 Å². The summed E-state index contributed by atoms with van der Waals surface area (Å²) in [7, 11) is 0. The predicted molar refractivity (Wildman–Crippen MR) is 125 cm³/mol. The van der Waals surface area contributed by atoms with Gasteiger partial charge in [-0.25, -0.2) is 9.97 Å². The number of hydrogen-bond donors (Lipinski definition) is 3. The molecular weight excluding hydrogens is 452 g/mol. The number of tetrazole rings is 1. The van der Waals surface area contributed by atoms with E-state index in [9.17, 15) is 9.59 Å². The van der Waals surface area contributed by atoms with E-state index in [1.165, 1.54) is 17.3 Å². The van der Waals surface area contributed by atoms with Crippen molar-refractivity contribution in [3.63, 3.8) is 0 Å². The summed E-state index contributed by atoms with van der Waals surface area (Å²) in [6, 6.07) is 9.28. The van der Waals surface area contributed by atoms with Crippen LogP contribution in [0.2, 0.25) is 0 Å². The smallest absolute Gasteiger partial charge is 0.270 e. The molecular formula is C23H22N8O2S. The number of aryl methyl sites for hydroxylation is 2. The number of hydrogen-bond acceptors (Lipinski definition) is 8. The van der Waals surface area contributed by atoms with E-state index in [-0.39, 0.29) is 29.2 Å². The van der Waals surface area contributed by atoms with Gasteiger partial charge in [0.25, 0.3) is 11.8 Å². The number of nitrogens with zero attached hydrogens (tertiary/aromatic N) is 5. The quantitative estimate of drug-likeness (QED) is 0.374. The summed E-state index contributed by atoms with van der Waals surface area (Å²) in [5.74, 6) is -0.158. The van der Waals surface area contributed by atoms with Crippen molar-refractivity contribution in [3.8, 4) is 11.4 Å². The zero-order valence-electron chi connectivity index (χ0n) is 18.4. The fraction of sp³-hybridized carbons (Fsp3) is 0.261. The van der Waals surface area contributed by atoms with E-state index < -0.39 is 0 Å². The van der Waals surface area contributed by atoms with Crippen molar-refractivity contribution in [2.24, 2.45) is 0 Å². The number of aromatic amines is 1. The lowest BCUT2D eigenvalue weighted by molar-refractivity contribution is 0.0931. The van der Waals surface area contributed by atoms with Crippen molar-refractivity contribution in [3.05, 3.63) is 75.0 Å². The van der Waals surface area contributed by atoms with Gasteiger partial charge in [0.2, 0.25) is 5.82 Å². The second kappa shape index (κ2) is 9.48. The lowest BCUT2D eigenvalue weighted by atomic mass is 10.0. The Bertz CT molecular complexity index is 1330. The summed E-state index contributed by atoms with van der Waals surface area (Å²) < 4.78 is 0. The molecule has 1 aliphatic carbocycles. The molecule has 0 unspecified atom stereocenters. The van der Waals surface area contributed by atoms with Gasteiger partial charge in [0, 0.05) is 23.1 Å². The van der Waals surface area contributed by atoms with Crippen molar-refractivity contribution in [1.82, 2.24) is 41.2 Å². The van der Waals surface area contributed by atoms with E-state index >= 15 is 0 Å². The first-order chi connectivity index (χ1) is 16.6. The lowest BCUT2D eigenvalue weighted by Gasteiger charge is -2.14. The van der Waals surface area contributed by atoms with Gasteiger partial charge in [-0.2, -0.15) is 5.21 Å². The molecule has 0 spiro atoms. The minimum absolute atomic E-state index is 0.139. The van der Waals surface area contributed by atoms with Crippen molar-refractivity contribution < 1.29 is 9.59 Å². The third kappa shape index (κ3) is 4.55. The third-order valence-corrected chi connectivity index (χ3v) is 6.90. The Kier molecular flexibility index (Phi) is 6.09. The normalized spacial score (nSPS) is 14.6. The van der Waals surface area contributed by atoms with E-state index in [1.54, 1.807) is 11.3 Å². The largest absolute Gasteiger partial charge is 0.347 e. The number of carbonyl (C=O) groups is 2. The van der Waals surface area contributed by atoms with Crippen molar-refractivity contribution in [2.45, 2.75) is 38.8 Å². The molecule has 34 heavy (non-hydrogen) atoms. The number of aromatic nitrogens is 6.